The minimum absolute atomic E-state index is 0.218. The monoisotopic (exact) mass is 603 g/mol. The Balaban J connectivity index is 1.27. The maximum atomic E-state index is 6.50. The topological polar surface area (TPSA) is 69.0 Å². The molecule has 0 unspecified atom stereocenters. The molecule has 2 heterocycles. The van der Waals surface area contributed by atoms with Crippen LogP contribution in [0.5, 0.6) is 11.5 Å². The van der Waals surface area contributed by atoms with Crippen LogP contribution in [-0.4, -0.2) is 49.3 Å². The summed E-state index contributed by atoms with van der Waals surface area (Å²) in [6.07, 6.45) is 1.51. The SMILES string of the molecule is CC(C)c1cc(-c2ncoc2-c2ccc(NCCN3CCOCC3)cc2)c(OCc2ccccc2)cc1OCc1ccccc1. The summed E-state index contributed by atoms with van der Waals surface area (Å²) in [7, 11) is 0. The first-order chi connectivity index (χ1) is 22.1. The van der Waals surface area contributed by atoms with Gasteiger partial charge in [-0.3, -0.25) is 4.90 Å². The van der Waals surface area contributed by atoms with E-state index in [1.807, 2.05) is 42.5 Å². The zero-order valence-electron chi connectivity index (χ0n) is 26.1. The van der Waals surface area contributed by atoms with Crippen molar-refractivity contribution < 1.29 is 18.6 Å². The second-order valence-corrected chi connectivity index (χ2v) is 11.6. The molecule has 7 heteroatoms. The van der Waals surface area contributed by atoms with Gasteiger partial charge in [0.1, 0.15) is 30.4 Å². The van der Waals surface area contributed by atoms with Gasteiger partial charge in [0.05, 0.1) is 13.2 Å². The van der Waals surface area contributed by atoms with E-state index in [2.05, 4.69) is 78.7 Å². The average Bonchev–Trinajstić information content (AvgIpc) is 3.58. The highest BCUT2D eigenvalue weighted by atomic mass is 16.5. The fourth-order valence-corrected chi connectivity index (χ4v) is 5.49. The number of benzene rings is 4. The molecule has 6 rings (SSSR count). The summed E-state index contributed by atoms with van der Waals surface area (Å²) in [5.41, 5.74) is 6.91. The van der Waals surface area contributed by atoms with Gasteiger partial charge in [-0.05, 0) is 52.9 Å². The Morgan fingerprint density at radius 3 is 2.09 bits per heavy atom. The van der Waals surface area contributed by atoms with E-state index in [1.165, 1.54) is 6.39 Å². The van der Waals surface area contributed by atoms with E-state index in [9.17, 15) is 0 Å². The lowest BCUT2D eigenvalue weighted by molar-refractivity contribution is 0.0398. The van der Waals surface area contributed by atoms with Crippen molar-refractivity contribution in [3.8, 4) is 34.1 Å². The van der Waals surface area contributed by atoms with Gasteiger partial charge in [0, 0.05) is 49.1 Å². The standard InChI is InChI=1S/C38H41N3O4/c1-28(2)33-23-34(36(44-26-30-11-7-4-8-12-30)24-35(33)43-25-29-9-5-3-6-10-29)37-38(45-27-40-37)31-13-15-32(16-14-31)39-17-18-41-19-21-42-22-20-41/h3-16,23-24,27-28,39H,17-22,25-26H2,1-2H3. The Bertz CT molecular complexity index is 1630. The van der Waals surface area contributed by atoms with E-state index in [0.29, 0.717) is 24.7 Å². The Morgan fingerprint density at radius 1 is 0.800 bits per heavy atom. The third-order valence-corrected chi connectivity index (χ3v) is 8.04. The number of ether oxygens (including phenoxy) is 3. The summed E-state index contributed by atoms with van der Waals surface area (Å²) in [5, 5.41) is 3.54. The van der Waals surface area contributed by atoms with Gasteiger partial charge in [0.2, 0.25) is 0 Å². The highest BCUT2D eigenvalue weighted by Gasteiger charge is 2.22. The van der Waals surface area contributed by atoms with Crippen LogP contribution in [0.25, 0.3) is 22.6 Å². The molecule has 0 spiro atoms. The summed E-state index contributed by atoms with van der Waals surface area (Å²) < 4.78 is 24.4. The number of anilines is 1. The lowest BCUT2D eigenvalue weighted by Crippen LogP contribution is -2.38. The summed E-state index contributed by atoms with van der Waals surface area (Å²) in [4.78, 5) is 7.13. The van der Waals surface area contributed by atoms with Crippen molar-refractivity contribution in [2.24, 2.45) is 0 Å². The quantitative estimate of drug-likeness (QED) is 0.146. The fraction of sp³-hybridized carbons (Fsp3) is 0.289. The van der Waals surface area contributed by atoms with Gasteiger partial charge >= 0.3 is 0 Å². The molecule has 0 amide bonds. The van der Waals surface area contributed by atoms with Gasteiger partial charge in [-0.1, -0.05) is 74.5 Å². The van der Waals surface area contributed by atoms with Crippen molar-refractivity contribution >= 4 is 5.69 Å². The van der Waals surface area contributed by atoms with Gasteiger partial charge in [-0.15, -0.1) is 0 Å². The largest absolute Gasteiger partial charge is 0.488 e. The molecule has 1 aliphatic heterocycles. The number of hydrogen-bond donors (Lipinski definition) is 1. The first-order valence-electron chi connectivity index (χ1n) is 15.7. The smallest absolute Gasteiger partial charge is 0.182 e. The zero-order chi connectivity index (χ0) is 30.8. The molecule has 1 N–H and O–H groups in total. The van der Waals surface area contributed by atoms with Crippen molar-refractivity contribution in [3.63, 3.8) is 0 Å². The molecule has 232 valence electrons. The molecule has 7 nitrogen and oxygen atoms in total. The molecule has 0 bridgehead atoms. The van der Waals surface area contributed by atoms with Gasteiger partial charge in [-0.2, -0.15) is 0 Å². The van der Waals surface area contributed by atoms with Gasteiger partial charge in [-0.25, -0.2) is 4.98 Å². The molecule has 0 aliphatic carbocycles. The molecule has 1 aliphatic rings. The van der Waals surface area contributed by atoms with Crippen LogP contribution >= 0.6 is 0 Å². The Hall–Kier alpha value is -4.59. The maximum Gasteiger partial charge on any atom is 0.182 e. The van der Waals surface area contributed by atoms with Crippen molar-refractivity contribution in [1.82, 2.24) is 9.88 Å². The zero-order valence-corrected chi connectivity index (χ0v) is 26.1. The predicted octanol–water partition coefficient (Wildman–Crippen LogP) is 8.03. The van der Waals surface area contributed by atoms with E-state index in [-0.39, 0.29) is 5.92 Å². The predicted molar refractivity (Wildman–Crippen MR) is 179 cm³/mol. The lowest BCUT2D eigenvalue weighted by Gasteiger charge is -2.26. The summed E-state index contributed by atoms with van der Waals surface area (Å²) >= 11 is 0. The van der Waals surface area contributed by atoms with Gasteiger partial charge in [0.15, 0.2) is 12.2 Å². The Morgan fingerprint density at radius 2 is 1.44 bits per heavy atom. The number of aromatic nitrogens is 1. The second kappa shape index (κ2) is 14.9. The lowest BCUT2D eigenvalue weighted by atomic mass is 9.96. The number of oxazole rings is 1. The molecule has 1 aromatic heterocycles. The molecule has 0 saturated carbocycles. The van der Waals surface area contributed by atoms with E-state index in [0.717, 1.165) is 84.3 Å². The highest BCUT2D eigenvalue weighted by molar-refractivity contribution is 5.81. The molecule has 45 heavy (non-hydrogen) atoms. The number of nitrogens with one attached hydrogen (secondary N) is 1. The minimum Gasteiger partial charge on any atom is -0.488 e. The number of rotatable bonds is 13. The van der Waals surface area contributed by atoms with Crippen LogP contribution in [0.15, 0.2) is 108 Å². The Kier molecular flexibility index (Phi) is 10.1. The molecule has 1 fully saturated rings. The molecule has 5 aromatic rings. The van der Waals surface area contributed by atoms with Crippen LogP contribution in [0.4, 0.5) is 5.69 Å². The number of hydrogen-bond acceptors (Lipinski definition) is 7. The third-order valence-electron chi connectivity index (χ3n) is 8.04. The molecule has 0 radical (unpaired) electrons. The molecular weight excluding hydrogens is 562 g/mol. The van der Waals surface area contributed by atoms with Crippen molar-refractivity contribution in [2.45, 2.75) is 33.0 Å². The number of nitrogens with zero attached hydrogens (tertiary/aromatic N) is 2. The summed E-state index contributed by atoms with van der Waals surface area (Å²) in [6.45, 7) is 10.7. The van der Waals surface area contributed by atoms with Gasteiger partial charge < -0.3 is 23.9 Å². The highest BCUT2D eigenvalue weighted by Crippen LogP contribution is 2.42. The molecule has 0 atom stereocenters. The van der Waals surface area contributed by atoms with Crippen LogP contribution < -0.4 is 14.8 Å². The van der Waals surface area contributed by atoms with Crippen LogP contribution in [-0.2, 0) is 18.0 Å². The van der Waals surface area contributed by atoms with E-state index in [4.69, 9.17) is 23.6 Å². The van der Waals surface area contributed by atoms with Gasteiger partial charge in [0.25, 0.3) is 0 Å². The first kappa shape index (κ1) is 30.4. The van der Waals surface area contributed by atoms with E-state index < -0.39 is 0 Å². The van der Waals surface area contributed by atoms with Crippen LogP contribution in [0.3, 0.4) is 0 Å². The third kappa shape index (κ3) is 7.93. The first-order valence-corrected chi connectivity index (χ1v) is 15.7. The van der Waals surface area contributed by atoms with Crippen LogP contribution in [0, 0.1) is 0 Å². The second-order valence-electron chi connectivity index (χ2n) is 11.6. The summed E-state index contributed by atoms with van der Waals surface area (Å²) in [6, 6.07) is 32.9. The van der Waals surface area contributed by atoms with Crippen LogP contribution in [0.2, 0.25) is 0 Å². The Labute approximate surface area is 265 Å². The van der Waals surface area contributed by atoms with E-state index in [1.54, 1.807) is 0 Å². The normalized spacial score (nSPS) is 13.6. The van der Waals surface area contributed by atoms with Crippen molar-refractivity contribution in [2.75, 3.05) is 44.7 Å². The van der Waals surface area contributed by atoms with E-state index >= 15 is 0 Å². The minimum atomic E-state index is 0.218. The maximum absolute atomic E-state index is 6.50. The number of morpholine rings is 1. The average molecular weight is 604 g/mol. The molecule has 4 aromatic carbocycles. The molecule has 1 saturated heterocycles. The summed E-state index contributed by atoms with van der Waals surface area (Å²) in [5.74, 6) is 2.42. The van der Waals surface area contributed by atoms with Crippen LogP contribution in [0.1, 0.15) is 36.5 Å². The van der Waals surface area contributed by atoms with Crippen molar-refractivity contribution in [1.29, 1.82) is 0 Å². The molecular formula is C38H41N3O4. The fourth-order valence-electron chi connectivity index (χ4n) is 5.49. The van der Waals surface area contributed by atoms with Crippen molar-refractivity contribution in [3.05, 3.63) is 120 Å².